The standard InChI is InChI=1S/C18H23NS/c1-2-11-19-18(13-15-7-5-12-20-15)17-10-9-14-6-3-4-8-16(14)17/h3-8,12,17-19H,2,9-11,13H2,1H3. The van der Waals surface area contributed by atoms with Crippen LogP contribution in [0.2, 0.25) is 0 Å². The Balaban J connectivity index is 1.79. The Morgan fingerprint density at radius 1 is 1.25 bits per heavy atom. The highest BCUT2D eigenvalue weighted by Gasteiger charge is 2.29. The normalized spacial score (nSPS) is 18.9. The van der Waals surface area contributed by atoms with Gasteiger partial charge in [-0.15, -0.1) is 11.3 Å². The summed E-state index contributed by atoms with van der Waals surface area (Å²) in [6, 6.07) is 14.0. The Morgan fingerprint density at radius 2 is 2.15 bits per heavy atom. The maximum Gasteiger partial charge on any atom is 0.0184 e. The summed E-state index contributed by atoms with van der Waals surface area (Å²) in [6.45, 7) is 3.37. The van der Waals surface area contributed by atoms with E-state index >= 15 is 0 Å². The predicted octanol–water partition coefficient (Wildman–Crippen LogP) is 4.39. The summed E-state index contributed by atoms with van der Waals surface area (Å²) < 4.78 is 0. The molecule has 2 atom stereocenters. The van der Waals surface area contributed by atoms with Crippen molar-refractivity contribution in [1.82, 2.24) is 5.32 Å². The van der Waals surface area contributed by atoms with Crippen molar-refractivity contribution >= 4 is 11.3 Å². The topological polar surface area (TPSA) is 12.0 Å². The molecule has 2 unspecified atom stereocenters. The average molecular weight is 285 g/mol. The summed E-state index contributed by atoms with van der Waals surface area (Å²) in [6.07, 6.45) is 4.91. The molecule has 1 aliphatic rings. The van der Waals surface area contributed by atoms with Crippen LogP contribution < -0.4 is 5.32 Å². The van der Waals surface area contributed by atoms with Crippen LogP contribution in [0.1, 0.15) is 41.7 Å². The molecule has 0 spiro atoms. The smallest absolute Gasteiger partial charge is 0.0184 e. The molecule has 1 nitrogen and oxygen atoms in total. The van der Waals surface area contributed by atoms with E-state index in [0.29, 0.717) is 12.0 Å². The average Bonchev–Trinajstić information content (AvgIpc) is 3.12. The molecule has 0 bridgehead atoms. The molecule has 1 N–H and O–H groups in total. The zero-order valence-electron chi connectivity index (χ0n) is 12.1. The largest absolute Gasteiger partial charge is 0.313 e. The third kappa shape index (κ3) is 2.97. The van der Waals surface area contributed by atoms with Gasteiger partial charge in [0.2, 0.25) is 0 Å². The third-order valence-electron chi connectivity index (χ3n) is 4.32. The lowest BCUT2D eigenvalue weighted by molar-refractivity contribution is 0.427. The van der Waals surface area contributed by atoms with Crippen molar-refractivity contribution in [2.75, 3.05) is 6.54 Å². The molecule has 1 heterocycles. The fourth-order valence-corrected chi connectivity index (χ4v) is 4.10. The Hall–Kier alpha value is -1.12. The minimum Gasteiger partial charge on any atom is -0.313 e. The second-order valence-electron chi connectivity index (χ2n) is 5.69. The molecule has 0 aliphatic heterocycles. The maximum atomic E-state index is 3.80. The summed E-state index contributed by atoms with van der Waals surface area (Å²) in [5.74, 6) is 0.680. The van der Waals surface area contributed by atoms with Gasteiger partial charge in [-0.2, -0.15) is 0 Å². The number of hydrogen-bond acceptors (Lipinski definition) is 2. The number of fused-ring (bicyclic) bond motifs is 1. The lowest BCUT2D eigenvalue weighted by Gasteiger charge is -2.25. The van der Waals surface area contributed by atoms with Gasteiger partial charge in [0.25, 0.3) is 0 Å². The molecule has 106 valence electrons. The van der Waals surface area contributed by atoms with Gasteiger partial charge < -0.3 is 5.32 Å². The molecule has 0 saturated heterocycles. The molecule has 0 amide bonds. The van der Waals surface area contributed by atoms with Crippen molar-refractivity contribution in [3.05, 3.63) is 57.8 Å². The van der Waals surface area contributed by atoms with E-state index in [1.807, 2.05) is 11.3 Å². The second-order valence-corrected chi connectivity index (χ2v) is 6.72. The Kier molecular flexibility index (Phi) is 4.54. The van der Waals surface area contributed by atoms with Crippen LogP contribution >= 0.6 is 11.3 Å². The number of thiophene rings is 1. The van der Waals surface area contributed by atoms with Crippen molar-refractivity contribution in [1.29, 1.82) is 0 Å². The first-order valence-corrected chi connectivity index (χ1v) is 8.60. The summed E-state index contributed by atoms with van der Waals surface area (Å²) >= 11 is 1.88. The highest BCUT2D eigenvalue weighted by Crippen LogP contribution is 2.36. The van der Waals surface area contributed by atoms with E-state index in [1.54, 1.807) is 11.1 Å². The summed E-state index contributed by atoms with van der Waals surface area (Å²) in [5.41, 5.74) is 3.14. The number of hydrogen-bond donors (Lipinski definition) is 1. The molecule has 3 rings (SSSR count). The predicted molar refractivity (Wildman–Crippen MR) is 87.6 cm³/mol. The van der Waals surface area contributed by atoms with E-state index in [1.165, 1.54) is 24.1 Å². The Bertz CT molecular complexity index is 532. The first-order chi connectivity index (χ1) is 9.88. The van der Waals surface area contributed by atoms with Gasteiger partial charge in [-0.05, 0) is 54.8 Å². The Labute approximate surface area is 126 Å². The lowest BCUT2D eigenvalue weighted by atomic mass is 9.90. The van der Waals surface area contributed by atoms with Crippen LogP contribution in [0.3, 0.4) is 0 Å². The highest BCUT2D eigenvalue weighted by atomic mass is 32.1. The molecule has 20 heavy (non-hydrogen) atoms. The number of aryl methyl sites for hydroxylation is 1. The molecule has 1 aromatic heterocycles. The van der Waals surface area contributed by atoms with Gasteiger partial charge in [0.1, 0.15) is 0 Å². The summed E-state index contributed by atoms with van der Waals surface area (Å²) in [7, 11) is 0. The zero-order chi connectivity index (χ0) is 13.8. The molecule has 0 fully saturated rings. The monoisotopic (exact) mass is 285 g/mol. The maximum absolute atomic E-state index is 3.80. The quantitative estimate of drug-likeness (QED) is 0.830. The van der Waals surface area contributed by atoms with Gasteiger partial charge >= 0.3 is 0 Å². The van der Waals surface area contributed by atoms with Crippen LogP contribution in [0.15, 0.2) is 41.8 Å². The number of rotatable bonds is 6. The summed E-state index contributed by atoms with van der Waals surface area (Å²) in [4.78, 5) is 1.50. The van der Waals surface area contributed by atoms with E-state index in [4.69, 9.17) is 0 Å². The summed E-state index contributed by atoms with van der Waals surface area (Å²) in [5, 5.41) is 5.99. The van der Waals surface area contributed by atoms with Crippen LogP contribution in [0.4, 0.5) is 0 Å². The van der Waals surface area contributed by atoms with Gasteiger partial charge in [0.15, 0.2) is 0 Å². The minimum absolute atomic E-state index is 0.581. The molecular formula is C18H23NS. The van der Waals surface area contributed by atoms with E-state index in [-0.39, 0.29) is 0 Å². The van der Waals surface area contributed by atoms with Crippen molar-refractivity contribution in [2.45, 2.75) is 44.6 Å². The fraction of sp³-hybridized carbons (Fsp3) is 0.444. The zero-order valence-corrected chi connectivity index (χ0v) is 13.0. The van der Waals surface area contributed by atoms with Gasteiger partial charge in [-0.25, -0.2) is 0 Å². The second kappa shape index (κ2) is 6.55. The Morgan fingerprint density at radius 3 is 2.95 bits per heavy atom. The first-order valence-electron chi connectivity index (χ1n) is 7.72. The fourth-order valence-electron chi connectivity index (χ4n) is 3.34. The minimum atomic E-state index is 0.581. The molecule has 1 aliphatic carbocycles. The van der Waals surface area contributed by atoms with E-state index in [2.05, 4.69) is 54.0 Å². The lowest BCUT2D eigenvalue weighted by Crippen LogP contribution is -2.36. The molecule has 0 radical (unpaired) electrons. The van der Waals surface area contributed by atoms with E-state index < -0.39 is 0 Å². The van der Waals surface area contributed by atoms with Crippen LogP contribution in [0, 0.1) is 0 Å². The molecule has 2 heteroatoms. The highest BCUT2D eigenvalue weighted by molar-refractivity contribution is 7.09. The number of benzene rings is 1. The van der Waals surface area contributed by atoms with Crippen LogP contribution in [0.5, 0.6) is 0 Å². The molecule has 1 aromatic carbocycles. The van der Waals surface area contributed by atoms with Gasteiger partial charge in [0, 0.05) is 16.8 Å². The number of nitrogens with one attached hydrogen (secondary N) is 1. The van der Waals surface area contributed by atoms with Crippen molar-refractivity contribution in [3.63, 3.8) is 0 Å². The van der Waals surface area contributed by atoms with E-state index in [9.17, 15) is 0 Å². The van der Waals surface area contributed by atoms with Gasteiger partial charge in [-0.3, -0.25) is 0 Å². The van der Waals surface area contributed by atoms with Crippen molar-refractivity contribution in [3.8, 4) is 0 Å². The van der Waals surface area contributed by atoms with Crippen LogP contribution in [-0.2, 0) is 12.8 Å². The van der Waals surface area contributed by atoms with Crippen LogP contribution in [-0.4, -0.2) is 12.6 Å². The van der Waals surface area contributed by atoms with Gasteiger partial charge in [-0.1, -0.05) is 37.3 Å². The van der Waals surface area contributed by atoms with Crippen molar-refractivity contribution in [2.24, 2.45) is 0 Å². The third-order valence-corrected chi connectivity index (χ3v) is 5.22. The molecule has 0 saturated carbocycles. The van der Waals surface area contributed by atoms with Crippen LogP contribution in [0.25, 0.3) is 0 Å². The van der Waals surface area contributed by atoms with Gasteiger partial charge in [0.05, 0.1) is 0 Å². The van der Waals surface area contributed by atoms with Crippen molar-refractivity contribution < 1.29 is 0 Å². The molecular weight excluding hydrogens is 262 g/mol. The van der Waals surface area contributed by atoms with E-state index in [0.717, 1.165) is 13.0 Å². The first kappa shape index (κ1) is 13.8. The SMILES string of the molecule is CCCNC(Cc1cccs1)C1CCc2ccccc21. The molecule has 2 aromatic rings.